The van der Waals surface area contributed by atoms with E-state index in [-0.39, 0.29) is 0 Å². The highest BCUT2D eigenvalue weighted by molar-refractivity contribution is 6.13. The molecule has 7 aromatic carbocycles. The van der Waals surface area contributed by atoms with E-state index in [9.17, 15) is 0 Å². The Morgan fingerprint density at radius 3 is 1.85 bits per heavy atom. The van der Waals surface area contributed by atoms with Gasteiger partial charge in [0.1, 0.15) is 0 Å². The van der Waals surface area contributed by atoms with Crippen LogP contribution >= 0.6 is 0 Å². The molecule has 0 amide bonds. The molecule has 0 spiro atoms. The van der Waals surface area contributed by atoms with Crippen molar-refractivity contribution >= 4 is 21.8 Å². The number of nitrogens with one attached hydrogen (secondary N) is 1. The molecule has 1 aromatic heterocycles. The van der Waals surface area contributed by atoms with Crippen LogP contribution in [0.15, 0.2) is 176 Å². The fourth-order valence-corrected chi connectivity index (χ4v) is 8.00. The molecule has 0 saturated heterocycles. The van der Waals surface area contributed by atoms with Crippen molar-refractivity contribution in [3.63, 3.8) is 0 Å². The minimum atomic E-state index is -0.491. The second-order valence-corrected chi connectivity index (χ2v) is 12.5. The van der Waals surface area contributed by atoms with Crippen LogP contribution in [0.1, 0.15) is 33.4 Å². The van der Waals surface area contributed by atoms with Gasteiger partial charge >= 0.3 is 0 Å². The number of nitrogens with zero attached hydrogens (tertiary/aromatic N) is 1. The fraction of sp³-hybridized carbons (Fsp3) is 0.0667. The highest BCUT2D eigenvalue weighted by atomic mass is 15.0. The Morgan fingerprint density at radius 1 is 0.468 bits per heavy atom. The standard InChI is InChI=1S/C45H34N2/c1-4-15-32(16-5-1)30-46-31-33-17-14-22-36(29-33)47-42-26-13-11-24-38(42)40-28-27-39-37-23-10-12-25-41(37)45(43(39)44(40)47,34-18-6-2-7-19-34)35-20-8-3-9-21-35/h1-29,46H,30-31H2. The molecule has 0 atom stereocenters. The summed E-state index contributed by atoms with van der Waals surface area (Å²) in [5, 5.41) is 6.21. The van der Waals surface area contributed by atoms with Crippen LogP contribution in [-0.2, 0) is 18.5 Å². The zero-order valence-corrected chi connectivity index (χ0v) is 26.1. The number of aromatic nitrogens is 1. The lowest BCUT2D eigenvalue weighted by Crippen LogP contribution is -2.29. The van der Waals surface area contributed by atoms with E-state index in [1.54, 1.807) is 0 Å². The summed E-state index contributed by atoms with van der Waals surface area (Å²) >= 11 is 0. The lowest BCUT2D eigenvalue weighted by atomic mass is 9.67. The van der Waals surface area contributed by atoms with E-state index in [0.29, 0.717) is 0 Å². The molecule has 1 aliphatic rings. The van der Waals surface area contributed by atoms with Crippen LogP contribution in [-0.4, -0.2) is 4.57 Å². The maximum absolute atomic E-state index is 3.67. The minimum Gasteiger partial charge on any atom is -0.309 e. The van der Waals surface area contributed by atoms with Gasteiger partial charge in [-0.25, -0.2) is 0 Å². The second-order valence-electron chi connectivity index (χ2n) is 12.5. The van der Waals surface area contributed by atoms with Gasteiger partial charge in [0.25, 0.3) is 0 Å². The van der Waals surface area contributed by atoms with Gasteiger partial charge in [-0.1, -0.05) is 158 Å². The third-order valence-corrected chi connectivity index (χ3v) is 9.92. The van der Waals surface area contributed by atoms with Crippen LogP contribution < -0.4 is 5.32 Å². The minimum absolute atomic E-state index is 0.491. The molecule has 1 N–H and O–H groups in total. The quantitative estimate of drug-likeness (QED) is 0.192. The Bertz CT molecular complexity index is 2330. The molecular formula is C45H34N2. The van der Waals surface area contributed by atoms with Crippen LogP contribution in [0.2, 0.25) is 0 Å². The van der Waals surface area contributed by atoms with E-state index < -0.39 is 5.41 Å². The van der Waals surface area contributed by atoms with Crippen molar-refractivity contribution in [3.05, 3.63) is 209 Å². The van der Waals surface area contributed by atoms with Crippen molar-refractivity contribution in [2.24, 2.45) is 0 Å². The van der Waals surface area contributed by atoms with Crippen LogP contribution in [0.5, 0.6) is 0 Å². The summed E-state index contributed by atoms with van der Waals surface area (Å²) in [7, 11) is 0. The van der Waals surface area contributed by atoms with Crippen LogP contribution in [0.3, 0.4) is 0 Å². The highest BCUT2D eigenvalue weighted by Crippen LogP contribution is 2.58. The molecule has 0 fully saturated rings. The van der Waals surface area contributed by atoms with Gasteiger partial charge < -0.3 is 9.88 Å². The van der Waals surface area contributed by atoms with Crippen LogP contribution in [0.25, 0.3) is 38.6 Å². The maximum atomic E-state index is 3.67. The first-order valence-electron chi connectivity index (χ1n) is 16.5. The average Bonchev–Trinajstić information content (AvgIpc) is 3.64. The van der Waals surface area contributed by atoms with Gasteiger partial charge in [-0.3, -0.25) is 0 Å². The molecule has 2 nitrogen and oxygen atoms in total. The predicted octanol–water partition coefficient (Wildman–Crippen LogP) is 10.4. The predicted molar refractivity (Wildman–Crippen MR) is 195 cm³/mol. The Morgan fingerprint density at radius 2 is 1.09 bits per heavy atom. The average molecular weight is 603 g/mol. The second kappa shape index (κ2) is 11.3. The SMILES string of the molecule is c1ccc(CNCc2cccc(-n3c4ccccc4c4ccc5c(c43)C(c3ccccc3)(c3ccccc3)c3ccccc3-5)c2)cc1. The summed E-state index contributed by atoms with van der Waals surface area (Å²) < 4.78 is 2.52. The van der Waals surface area contributed by atoms with Crippen molar-refractivity contribution in [1.82, 2.24) is 9.88 Å². The van der Waals surface area contributed by atoms with Crippen LogP contribution in [0.4, 0.5) is 0 Å². The monoisotopic (exact) mass is 602 g/mol. The molecule has 2 heteroatoms. The lowest BCUT2D eigenvalue weighted by Gasteiger charge is -2.34. The molecule has 0 bridgehead atoms. The van der Waals surface area contributed by atoms with Gasteiger partial charge in [0.2, 0.25) is 0 Å². The molecule has 224 valence electrons. The molecule has 0 aliphatic heterocycles. The first-order valence-corrected chi connectivity index (χ1v) is 16.5. The van der Waals surface area contributed by atoms with E-state index >= 15 is 0 Å². The number of fused-ring (bicyclic) bond motifs is 7. The first kappa shape index (κ1) is 27.6. The summed E-state index contributed by atoms with van der Waals surface area (Å²) in [6, 6.07) is 64.5. The zero-order chi connectivity index (χ0) is 31.2. The first-order chi connectivity index (χ1) is 23.3. The summed E-state index contributed by atoms with van der Waals surface area (Å²) in [4.78, 5) is 0. The number of rotatable bonds is 7. The number of hydrogen-bond donors (Lipinski definition) is 1. The third kappa shape index (κ3) is 4.30. The zero-order valence-electron chi connectivity index (χ0n) is 26.1. The summed E-state index contributed by atoms with van der Waals surface area (Å²) in [5.74, 6) is 0. The molecule has 1 heterocycles. The molecule has 0 unspecified atom stereocenters. The van der Waals surface area contributed by atoms with Crippen molar-refractivity contribution in [1.29, 1.82) is 0 Å². The molecular weight excluding hydrogens is 569 g/mol. The summed E-state index contributed by atoms with van der Waals surface area (Å²) in [6.45, 7) is 1.63. The third-order valence-electron chi connectivity index (χ3n) is 9.92. The largest absolute Gasteiger partial charge is 0.309 e. The molecule has 9 rings (SSSR count). The fourth-order valence-electron chi connectivity index (χ4n) is 8.00. The van der Waals surface area contributed by atoms with E-state index in [1.807, 2.05) is 0 Å². The van der Waals surface area contributed by atoms with Gasteiger partial charge in [-0.15, -0.1) is 0 Å². The van der Waals surface area contributed by atoms with E-state index in [0.717, 1.165) is 13.1 Å². The van der Waals surface area contributed by atoms with Crippen molar-refractivity contribution in [2.75, 3.05) is 0 Å². The lowest BCUT2D eigenvalue weighted by molar-refractivity contribution is 0.693. The Labute approximate surface area is 275 Å². The summed E-state index contributed by atoms with van der Waals surface area (Å²) in [5.41, 5.74) is 13.5. The number of benzene rings is 7. The van der Waals surface area contributed by atoms with Gasteiger partial charge in [0, 0.05) is 35.1 Å². The summed E-state index contributed by atoms with van der Waals surface area (Å²) in [6.07, 6.45) is 0. The van der Waals surface area contributed by atoms with E-state index in [1.165, 1.54) is 72.0 Å². The normalized spacial score (nSPS) is 13.1. The van der Waals surface area contributed by atoms with Gasteiger partial charge in [-0.05, 0) is 57.1 Å². The highest BCUT2D eigenvalue weighted by Gasteiger charge is 2.48. The van der Waals surface area contributed by atoms with Crippen LogP contribution in [0, 0.1) is 0 Å². The molecule has 8 aromatic rings. The van der Waals surface area contributed by atoms with Gasteiger partial charge in [0.15, 0.2) is 0 Å². The van der Waals surface area contributed by atoms with Gasteiger partial charge in [-0.2, -0.15) is 0 Å². The van der Waals surface area contributed by atoms with E-state index in [4.69, 9.17) is 0 Å². The van der Waals surface area contributed by atoms with Crippen molar-refractivity contribution in [3.8, 4) is 16.8 Å². The van der Waals surface area contributed by atoms with Crippen molar-refractivity contribution < 1.29 is 0 Å². The Hall–Kier alpha value is -5.70. The van der Waals surface area contributed by atoms with Gasteiger partial charge in [0.05, 0.1) is 16.4 Å². The van der Waals surface area contributed by atoms with Crippen molar-refractivity contribution in [2.45, 2.75) is 18.5 Å². The molecule has 1 aliphatic carbocycles. The number of para-hydroxylation sites is 1. The van der Waals surface area contributed by atoms with E-state index in [2.05, 4.69) is 186 Å². The maximum Gasteiger partial charge on any atom is 0.0734 e. The molecule has 0 saturated carbocycles. The Kier molecular flexibility index (Phi) is 6.62. The molecule has 0 radical (unpaired) electrons. The molecule has 47 heavy (non-hydrogen) atoms. The smallest absolute Gasteiger partial charge is 0.0734 e. The Balaban J connectivity index is 1.33. The number of hydrogen-bond acceptors (Lipinski definition) is 1. The topological polar surface area (TPSA) is 17.0 Å².